The Bertz CT molecular complexity index is 556. The van der Waals surface area contributed by atoms with E-state index in [9.17, 15) is 5.11 Å². The molecule has 1 aliphatic heterocycles. The van der Waals surface area contributed by atoms with Crippen LogP contribution >= 0.6 is 0 Å². The van der Waals surface area contributed by atoms with Crippen molar-refractivity contribution in [3.63, 3.8) is 0 Å². The van der Waals surface area contributed by atoms with Gasteiger partial charge < -0.3 is 9.67 Å². The number of nitrogens with zero attached hydrogens (tertiary/aromatic N) is 2. The number of hydrogen-bond acceptors (Lipinski definition) is 3. The lowest BCUT2D eigenvalue weighted by Gasteiger charge is -2.15. The lowest BCUT2D eigenvalue weighted by atomic mass is 10.0. The topological polar surface area (TPSA) is 61.4 Å². The third kappa shape index (κ3) is 0.960. The molecule has 0 amide bonds. The van der Waals surface area contributed by atoms with Crippen molar-refractivity contribution >= 4 is 16.6 Å². The molecule has 1 aromatic heterocycles. The first-order valence-corrected chi connectivity index (χ1v) is 5.03. The van der Waals surface area contributed by atoms with Gasteiger partial charge in [0.25, 0.3) is 0 Å². The third-order valence-corrected chi connectivity index (χ3v) is 3.05. The largest absolute Gasteiger partial charge is 0.493 e. The van der Waals surface area contributed by atoms with E-state index in [0.29, 0.717) is 5.69 Å². The minimum Gasteiger partial charge on any atom is -0.493 e. The Kier molecular flexibility index (Phi) is 1.59. The average Bonchev–Trinajstić information content (AvgIpc) is 2.55. The maximum Gasteiger partial charge on any atom is 0.220 e. The maximum absolute atomic E-state index is 9.92. The van der Waals surface area contributed by atoms with Crippen LogP contribution in [0.4, 0.5) is 5.69 Å². The van der Waals surface area contributed by atoms with Crippen LogP contribution in [0.5, 0.6) is 5.88 Å². The number of hydrogen-bond donors (Lipinski definition) is 2. The van der Waals surface area contributed by atoms with Crippen LogP contribution in [0, 0.1) is 5.53 Å². The lowest BCUT2D eigenvalue weighted by molar-refractivity contribution is 0.415. The summed E-state index contributed by atoms with van der Waals surface area (Å²) in [6.07, 6.45) is 2.07. The fraction of sp³-hybridized carbons (Fsp3) is 0.273. The summed E-state index contributed by atoms with van der Waals surface area (Å²) in [6, 6.07) is 5.94. The van der Waals surface area contributed by atoms with Gasteiger partial charge in [-0.15, -0.1) is 0 Å². The summed E-state index contributed by atoms with van der Waals surface area (Å²) in [5.74, 6) is 0.132. The van der Waals surface area contributed by atoms with Crippen molar-refractivity contribution in [2.75, 3.05) is 0 Å². The predicted molar refractivity (Wildman–Crippen MR) is 56.7 cm³/mol. The molecule has 15 heavy (non-hydrogen) atoms. The van der Waals surface area contributed by atoms with Crippen LogP contribution in [0.3, 0.4) is 0 Å². The van der Waals surface area contributed by atoms with Gasteiger partial charge in [0, 0.05) is 11.9 Å². The summed E-state index contributed by atoms with van der Waals surface area (Å²) in [5.41, 5.74) is 9.78. The molecular formula is C11H11N3O. The van der Waals surface area contributed by atoms with E-state index in [1.54, 1.807) is 0 Å². The summed E-state index contributed by atoms with van der Waals surface area (Å²) in [7, 11) is 0. The Morgan fingerprint density at radius 3 is 3.07 bits per heavy atom. The first kappa shape index (κ1) is 8.47. The van der Waals surface area contributed by atoms with Crippen LogP contribution in [-0.4, -0.2) is 9.67 Å². The van der Waals surface area contributed by atoms with E-state index in [2.05, 4.69) is 11.2 Å². The smallest absolute Gasteiger partial charge is 0.220 e. The number of nitrogens with one attached hydrogen (secondary N) is 1. The summed E-state index contributed by atoms with van der Waals surface area (Å²) >= 11 is 0. The van der Waals surface area contributed by atoms with Crippen LogP contribution in [-0.2, 0) is 13.0 Å². The fourth-order valence-corrected chi connectivity index (χ4v) is 2.41. The second-order valence-corrected chi connectivity index (χ2v) is 3.85. The predicted octanol–water partition coefficient (Wildman–Crippen LogP) is 2.96. The van der Waals surface area contributed by atoms with E-state index in [1.165, 1.54) is 5.56 Å². The molecule has 0 atom stereocenters. The molecule has 3 rings (SSSR count). The van der Waals surface area contributed by atoms with Crippen molar-refractivity contribution < 1.29 is 5.11 Å². The van der Waals surface area contributed by atoms with Gasteiger partial charge in [0.2, 0.25) is 5.88 Å². The minimum atomic E-state index is 0.132. The molecule has 0 spiro atoms. The van der Waals surface area contributed by atoms with Crippen LogP contribution in [0.25, 0.3) is 10.9 Å². The molecular weight excluding hydrogens is 190 g/mol. The lowest BCUT2D eigenvalue weighted by Crippen LogP contribution is -2.06. The van der Waals surface area contributed by atoms with Crippen LogP contribution in [0.2, 0.25) is 0 Å². The number of aryl methyl sites for hydroxylation is 2. The molecule has 0 saturated carbocycles. The fourth-order valence-electron chi connectivity index (χ4n) is 2.41. The summed E-state index contributed by atoms with van der Waals surface area (Å²) in [6.45, 7) is 0.814. The molecule has 0 unspecified atom stereocenters. The van der Waals surface area contributed by atoms with Crippen molar-refractivity contribution in [2.45, 2.75) is 19.4 Å². The molecule has 0 saturated heterocycles. The summed E-state index contributed by atoms with van der Waals surface area (Å²) < 4.78 is 1.86. The Balaban J connectivity index is 2.53. The van der Waals surface area contributed by atoms with E-state index >= 15 is 0 Å². The molecule has 2 aromatic rings. The molecule has 0 bridgehead atoms. The summed E-state index contributed by atoms with van der Waals surface area (Å²) in [5, 5.41) is 14.2. The third-order valence-electron chi connectivity index (χ3n) is 3.05. The zero-order chi connectivity index (χ0) is 10.4. The van der Waals surface area contributed by atoms with Gasteiger partial charge in [-0.3, -0.25) is 0 Å². The maximum atomic E-state index is 9.92. The van der Waals surface area contributed by atoms with Gasteiger partial charge in [-0.25, -0.2) is 5.53 Å². The van der Waals surface area contributed by atoms with Crippen molar-refractivity contribution in [3.05, 3.63) is 23.8 Å². The van der Waals surface area contributed by atoms with Crippen molar-refractivity contribution in [1.82, 2.24) is 4.57 Å². The standard InChI is InChI=1S/C11H11N3O/c12-13-9-8-5-1-3-7-4-2-6-14(10(7)8)11(9)15/h1,3,5,12,15H,2,4,6H2. The number of benzene rings is 1. The van der Waals surface area contributed by atoms with Crippen molar-refractivity contribution in [1.29, 1.82) is 5.53 Å². The van der Waals surface area contributed by atoms with Gasteiger partial charge in [0.05, 0.1) is 5.52 Å². The Morgan fingerprint density at radius 1 is 1.40 bits per heavy atom. The number of aromatic hydroxyl groups is 1. The van der Waals surface area contributed by atoms with Crippen LogP contribution in [0.15, 0.2) is 23.3 Å². The highest BCUT2D eigenvalue weighted by Gasteiger charge is 2.21. The van der Waals surface area contributed by atoms with Gasteiger partial charge in [-0.2, -0.15) is 5.11 Å². The average molecular weight is 201 g/mol. The Hall–Kier alpha value is -1.84. The van der Waals surface area contributed by atoms with Gasteiger partial charge in [0.15, 0.2) is 5.69 Å². The minimum absolute atomic E-state index is 0.132. The second-order valence-electron chi connectivity index (χ2n) is 3.85. The second kappa shape index (κ2) is 2.82. The van der Waals surface area contributed by atoms with Crippen molar-refractivity contribution in [2.24, 2.45) is 5.11 Å². The molecule has 0 radical (unpaired) electrons. The quantitative estimate of drug-likeness (QED) is 0.684. The molecule has 1 aliphatic rings. The molecule has 1 aromatic carbocycles. The van der Waals surface area contributed by atoms with Crippen LogP contribution < -0.4 is 0 Å². The highest BCUT2D eigenvalue weighted by atomic mass is 16.3. The molecule has 4 nitrogen and oxygen atoms in total. The molecule has 2 N–H and O–H groups in total. The van der Waals surface area contributed by atoms with Gasteiger partial charge >= 0.3 is 0 Å². The van der Waals surface area contributed by atoms with E-state index in [-0.39, 0.29) is 5.88 Å². The highest BCUT2D eigenvalue weighted by molar-refractivity contribution is 5.97. The Morgan fingerprint density at radius 2 is 2.27 bits per heavy atom. The zero-order valence-corrected chi connectivity index (χ0v) is 8.20. The van der Waals surface area contributed by atoms with E-state index < -0.39 is 0 Å². The van der Waals surface area contributed by atoms with E-state index in [0.717, 1.165) is 30.3 Å². The normalized spacial score (nSPS) is 14.4. The van der Waals surface area contributed by atoms with Gasteiger partial charge in [-0.1, -0.05) is 18.2 Å². The number of aromatic nitrogens is 1. The van der Waals surface area contributed by atoms with E-state index in [1.807, 2.05) is 16.7 Å². The van der Waals surface area contributed by atoms with Crippen LogP contribution in [0.1, 0.15) is 12.0 Å². The Labute approximate surface area is 86.7 Å². The summed E-state index contributed by atoms with van der Waals surface area (Å²) in [4.78, 5) is 0. The molecule has 2 heterocycles. The number of para-hydroxylation sites is 1. The first-order valence-electron chi connectivity index (χ1n) is 5.03. The molecule has 4 heteroatoms. The van der Waals surface area contributed by atoms with Gasteiger partial charge in [-0.05, 0) is 18.4 Å². The van der Waals surface area contributed by atoms with E-state index in [4.69, 9.17) is 5.53 Å². The van der Waals surface area contributed by atoms with Gasteiger partial charge in [0.1, 0.15) is 0 Å². The highest BCUT2D eigenvalue weighted by Crippen LogP contribution is 2.41. The zero-order valence-electron chi connectivity index (χ0n) is 8.20. The number of rotatable bonds is 1. The molecule has 0 fully saturated rings. The van der Waals surface area contributed by atoms with Crippen molar-refractivity contribution in [3.8, 4) is 5.88 Å². The molecule has 0 aliphatic carbocycles. The monoisotopic (exact) mass is 201 g/mol. The SMILES string of the molecule is N=Nc1c(O)n2c3c(cccc13)CCC2. The first-order chi connectivity index (χ1) is 7.33. The molecule has 76 valence electrons.